The van der Waals surface area contributed by atoms with Crippen molar-refractivity contribution >= 4 is 5.97 Å². The predicted octanol–water partition coefficient (Wildman–Crippen LogP) is 4.68. The largest absolute Gasteiger partial charge is 0.481 e. The molecule has 9 nitrogen and oxygen atoms in total. The zero-order valence-electron chi connectivity index (χ0n) is 15.9. The fourth-order valence-corrected chi connectivity index (χ4v) is 2.53. The molecule has 0 aliphatic rings. The molecule has 0 saturated heterocycles. The van der Waals surface area contributed by atoms with Gasteiger partial charge in [0.05, 0.1) is 4.92 Å². The van der Waals surface area contributed by atoms with Gasteiger partial charge in [-0.1, -0.05) is 57.6 Å². The van der Waals surface area contributed by atoms with E-state index in [2.05, 4.69) is 4.84 Å². The van der Waals surface area contributed by atoms with Crippen LogP contribution in [0.5, 0.6) is 0 Å². The average molecular weight is 386 g/mol. The number of rotatable bonds is 17. The van der Waals surface area contributed by atoms with E-state index in [0.29, 0.717) is 25.7 Å². The Kier molecular flexibility index (Phi) is 14.3. The molecule has 0 bridgehead atoms. The monoisotopic (exact) mass is 386 g/mol. The second-order valence-corrected chi connectivity index (χ2v) is 6.32. The molecule has 0 aromatic carbocycles. The van der Waals surface area contributed by atoms with Gasteiger partial charge < -0.3 is 9.94 Å². The van der Waals surface area contributed by atoms with Crippen molar-refractivity contribution in [3.05, 3.63) is 44.2 Å². The molecule has 0 aromatic rings. The van der Waals surface area contributed by atoms with Gasteiger partial charge in [0.2, 0.25) is 5.70 Å². The summed E-state index contributed by atoms with van der Waals surface area (Å²) in [6, 6.07) is 0. The van der Waals surface area contributed by atoms with E-state index in [1.54, 1.807) is 0 Å². The van der Waals surface area contributed by atoms with Crippen molar-refractivity contribution in [2.45, 2.75) is 83.7 Å². The van der Waals surface area contributed by atoms with Crippen LogP contribution >= 0.6 is 0 Å². The van der Waals surface area contributed by atoms with Crippen LogP contribution < -0.4 is 0 Å². The predicted molar refractivity (Wildman–Crippen MR) is 100 cm³/mol. The van der Waals surface area contributed by atoms with Gasteiger partial charge in [-0.25, -0.2) is 0 Å². The summed E-state index contributed by atoms with van der Waals surface area (Å²) in [5, 5.41) is 29.3. The molecule has 0 fully saturated rings. The van der Waals surface area contributed by atoms with E-state index in [1.807, 2.05) is 6.92 Å². The van der Waals surface area contributed by atoms with Crippen molar-refractivity contribution in [2.75, 3.05) is 0 Å². The number of aliphatic carboxylic acids is 1. The smallest absolute Gasteiger partial charge is 0.303 e. The van der Waals surface area contributed by atoms with Crippen molar-refractivity contribution in [1.29, 1.82) is 0 Å². The van der Waals surface area contributed by atoms with E-state index in [0.717, 1.165) is 38.5 Å². The topological polar surface area (TPSA) is 133 Å². The minimum Gasteiger partial charge on any atom is -0.481 e. The number of unbranched alkanes of at least 4 members (excludes halogenated alkanes) is 6. The molecule has 0 aromatic heterocycles. The van der Waals surface area contributed by atoms with Crippen LogP contribution in [0.3, 0.4) is 0 Å². The number of nitro groups is 1. The van der Waals surface area contributed by atoms with Crippen LogP contribution in [0.25, 0.3) is 0 Å². The molecular formula is C18H30N2O7. The third-order valence-corrected chi connectivity index (χ3v) is 3.99. The fourth-order valence-electron chi connectivity index (χ4n) is 2.53. The molecule has 0 amide bonds. The summed E-state index contributed by atoms with van der Waals surface area (Å²) in [7, 11) is 0. The van der Waals surface area contributed by atoms with Gasteiger partial charge in [0, 0.05) is 18.9 Å². The highest BCUT2D eigenvalue weighted by Crippen LogP contribution is 2.14. The fraction of sp³-hybridized carbons (Fsp3) is 0.722. The highest BCUT2D eigenvalue weighted by Gasteiger charge is 2.11. The number of allylic oxidation sites excluding steroid dienone is 3. The highest BCUT2D eigenvalue weighted by molar-refractivity contribution is 5.66. The van der Waals surface area contributed by atoms with Crippen molar-refractivity contribution < 1.29 is 24.7 Å². The zero-order chi connectivity index (χ0) is 20.5. The molecule has 27 heavy (non-hydrogen) atoms. The first-order valence-electron chi connectivity index (χ1n) is 9.41. The van der Waals surface area contributed by atoms with Crippen LogP contribution in [0.4, 0.5) is 0 Å². The lowest BCUT2D eigenvalue weighted by Gasteiger charge is -2.09. The number of carboxylic acids is 1. The average Bonchev–Trinajstić information content (AvgIpc) is 2.58. The van der Waals surface area contributed by atoms with Gasteiger partial charge in [-0.2, -0.15) is 0 Å². The summed E-state index contributed by atoms with van der Waals surface area (Å²) < 4.78 is 0. The van der Waals surface area contributed by atoms with Crippen LogP contribution in [0, 0.1) is 20.2 Å². The molecule has 9 heteroatoms. The molecule has 0 rings (SSSR count). The standard InChI is InChI=1S/C18H30N2O7/c1-2-3-7-13-17(27-20(25)26)14-10-12-16(19(23)24)11-8-5-4-6-9-15-18(21)22/h10,12,14,17H,2-9,11,13,15H2,1H3,(H,21,22)/b14-10+,16-12+. The van der Waals surface area contributed by atoms with E-state index in [1.165, 1.54) is 18.2 Å². The number of carbonyl (C=O) groups is 1. The lowest BCUT2D eigenvalue weighted by atomic mass is 10.1. The molecule has 0 radical (unpaired) electrons. The number of nitrogens with zero attached hydrogens (tertiary/aromatic N) is 2. The number of hydrogen-bond donors (Lipinski definition) is 1. The SMILES string of the molecule is CCCCCC(/C=C/C=C(\CCCCCCCC(=O)O)[N+](=O)[O-])O[N+](=O)[O-]. The van der Waals surface area contributed by atoms with Crippen molar-refractivity contribution in [1.82, 2.24) is 0 Å². The molecule has 154 valence electrons. The van der Waals surface area contributed by atoms with Gasteiger partial charge in [0.15, 0.2) is 0 Å². The van der Waals surface area contributed by atoms with Gasteiger partial charge in [-0.3, -0.25) is 14.9 Å². The van der Waals surface area contributed by atoms with Gasteiger partial charge in [-0.15, -0.1) is 10.1 Å². The van der Waals surface area contributed by atoms with E-state index >= 15 is 0 Å². The summed E-state index contributed by atoms with van der Waals surface area (Å²) in [5.41, 5.74) is 0.0465. The van der Waals surface area contributed by atoms with Crippen molar-refractivity contribution in [2.24, 2.45) is 0 Å². The first-order chi connectivity index (χ1) is 12.9. The molecule has 0 aliphatic heterocycles. The van der Waals surface area contributed by atoms with Crippen LogP contribution in [-0.4, -0.2) is 27.2 Å². The Balaban J connectivity index is 4.40. The molecule has 0 spiro atoms. The van der Waals surface area contributed by atoms with Crippen LogP contribution in [0.1, 0.15) is 77.6 Å². The normalized spacial score (nSPS) is 12.9. The van der Waals surface area contributed by atoms with Crippen molar-refractivity contribution in [3.63, 3.8) is 0 Å². The van der Waals surface area contributed by atoms with Crippen molar-refractivity contribution in [3.8, 4) is 0 Å². The van der Waals surface area contributed by atoms with E-state index < -0.39 is 22.1 Å². The minimum absolute atomic E-state index is 0.0465. The number of hydrogen-bond acceptors (Lipinski definition) is 6. The maximum absolute atomic E-state index is 11.1. The van der Waals surface area contributed by atoms with Gasteiger partial charge in [0.25, 0.3) is 5.09 Å². The first kappa shape index (κ1) is 24.6. The molecule has 1 unspecified atom stereocenters. The summed E-state index contributed by atoms with van der Waals surface area (Å²) in [5.74, 6) is -0.811. The van der Waals surface area contributed by atoms with E-state index in [4.69, 9.17) is 5.11 Å². The second kappa shape index (κ2) is 15.8. The lowest BCUT2D eigenvalue weighted by Crippen LogP contribution is -2.14. The molecule has 0 saturated carbocycles. The Labute approximate surface area is 159 Å². The third kappa shape index (κ3) is 15.5. The highest BCUT2D eigenvalue weighted by atomic mass is 17.0. The third-order valence-electron chi connectivity index (χ3n) is 3.99. The molecule has 0 aliphatic carbocycles. The summed E-state index contributed by atoms with van der Waals surface area (Å²) in [6.45, 7) is 2.03. The Hall–Kier alpha value is -2.45. The molecule has 0 heterocycles. The van der Waals surface area contributed by atoms with Crippen LogP contribution in [0.2, 0.25) is 0 Å². The maximum atomic E-state index is 11.1. The lowest BCUT2D eigenvalue weighted by molar-refractivity contribution is -0.765. The maximum Gasteiger partial charge on any atom is 0.303 e. The molecule has 1 atom stereocenters. The summed E-state index contributed by atoms with van der Waals surface area (Å²) >= 11 is 0. The van der Waals surface area contributed by atoms with Gasteiger partial charge in [-0.05, 0) is 19.3 Å². The van der Waals surface area contributed by atoms with E-state index in [9.17, 15) is 25.0 Å². The molecular weight excluding hydrogens is 356 g/mol. The Bertz CT molecular complexity index is 518. The van der Waals surface area contributed by atoms with Crippen LogP contribution in [0.15, 0.2) is 23.9 Å². The number of carboxylic acid groups (broad SMARTS) is 1. The van der Waals surface area contributed by atoms with E-state index in [-0.39, 0.29) is 12.1 Å². The minimum atomic E-state index is -0.844. The Morgan fingerprint density at radius 3 is 2.22 bits per heavy atom. The first-order valence-corrected chi connectivity index (χ1v) is 9.41. The second-order valence-electron chi connectivity index (χ2n) is 6.32. The van der Waals surface area contributed by atoms with Gasteiger partial charge in [0.1, 0.15) is 6.10 Å². The summed E-state index contributed by atoms with van der Waals surface area (Å²) in [4.78, 5) is 36.2. The summed E-state index contributed by atoms with van der Waals surface area (Å²) in [6.07, 6.45) is 10.9. The molecule has 1 N–H and O–H groups in total. The van der Waals surface area contributed by atoms with Gasteiger partial charge >= 0.3 is 5.97 Å². The van der Waals surface area contributed by atoms with Crippen LogP contribution in [-0.2, 0) is 9.63 Å². The Morgan fingerprint density at radius 2 is 1.67 bits per heavy atom. The zero-order valence-corrected chi connectivity index (χ0v) is 15.9. The quantitative estimate of drug-likeness (QED) is 0.166. The Morgan fingerprint density at radius 1 is 1.04 bits per heavy atom.